The van der Waals surface area contributed by atoms with Crippen molar-refractivity contribution in [1.29, 1.82) is 0 Å². The number of methoxy groups -OCH3 is 1. The molecule has 1 aromatic rings. The molecule has 0 amide bonds. The van der Waals surface area contributed by atoms with Gasteiger partial charge in [-0.25, -0.2) is 0 Å². The summed E-state index contributed by atoms with van der Waals surface area (Å²) in [5.41, 5.74) is 1.57. The minimum Gasteiger partial charge on any atom is -0.491 e. The van der Waals surface area contributed by atoms with E-state index in [1.165, 1.54) is 25.7 Å². The molecule has 1 heterocycles. The monoisotopic (exact) mass is 303 g/mol. The van der Waals surface area contributed by atoms with E-state index in [2.05, 4.69) is 23.5 Å². The topological polar surface area (TPSA) is 39.7 Å². The van der Waals surface area contributed by atoms with Crippen LogP contribution in [0.1, 0.15) is 25.7 Å². The van der Waals surface area contributed by atoms with Gasteiger partial charge in [-0.2, -0.15) is 0 Å². The summed E-state index contributed by atoms with van der Waals surface area (Å²) in [5.74, 6) is 1.60. The molecule has 22 heavy (non-hydrogen) atoms. The van der Waals surface area contributed by atoms with Gasteiger partial charge in [-0.1, -0.05) is 12.5 Å². The molecule has 2 aliphatic carbocycles. The molecular weight excluding hydrogens is 278 g/mol. The summed E-state index contributed by atoms with van der Waals surface area (Å²) in [4.78, 5) is 0. The summed E-state index contributed by atoms with van der Waals surface area (Å²) >= 11 is 0. The smallest absolute Gasteiger partial charge is 0.121 e. The Morgan fingerprint density at radius 1 is 1.32 bits per heavy atom. The van der Waals surface area contributed by atoms with Crippen LogP contribution in [0.4, 0.5) is 5.69 Å². The van der Waals surface area contributed by atoms with Crippen molar-refractivity contribution in [2.45, 2.75) is 37.8 Å². The van der Waals surface area contributed by atoms with Crippen LogP contribution >= 0.6 is 0 Å². The average molecular weight is 303 g/mol. The van der Waals surface area contributed by atoms with Crippen LogP contribution in [0.15, 0.2) is 24.3 Å². The van der Waals surface area contributed by atoms with Gasteiger partial charge in [0.15, 0.2) is 0 Å². The van der Waals surface area contributed by atoms with Crippen molar-refractivity contribution in [3.8, 4) is 5.75 Å². The van der Waals surface area contributed by atoms with Crippen molar-refractivity contribution in [3.05, 3.63) is 24.3 Å². The molecule has 1 aliphatic heterocycles. The van der Waals surface area contributed by atoms with Gasteiger partial charge in [0, 0.05) is 42.8 Å². The summed E-state index contributed by atoms with van der Waals surface area (Å²) in [6, 6.07) is 8.87. The Kier molecular flexibility index (Phi) is 3.74. The Labute approximate surface area is 132 Å². The number of rotatable bonds is 6. The van der Waals surface area contributed by atoms with Gasteiger partial charge in [0.1, 0.15) is 12.4 Å². The summed E-state index contributed by atoms with van der Waals surface area (Å²) in [7, 11) is 1.69. The van der Waals surface area contributed by atoms with E-state index in [0.29, 0.717) is 36.7 Å². The van der Waals surface area contributed by atoms with Crippen LogP contribution in [0.5, 0.6) is 5.75 Å². The number of anilines is 1. The lowest BCUT2D eigenvalue weighted by Gasteiger charge is -2.63. The molecule has 1 aromatic carbocycles. The van der Waals surface area contributed by atoms with Gasteiger partial charge in [0.25, 0.3) is 0 Å². The van der Waals surface area contributed by atoms with Gasteiger partial charge in [0.05, 0.1) is 12.7 Å². The summed E-state index contributed by atoms with van der Waals surface area (Å²) in [5, 5.41) is 3.78. The van der Waals surface area contributed by atoms with Crippen molar-refractivity contribution < 1.29 is 14.2 Å². The van der Waals surface area contributed by atoms with Crippen molar-refractivity contribution >= 4 is 5.69 Å². The number of fused-ring (bicyclic) bond motifs is 2. The van der Waals surface area contributed by atoms with Gasteiger partial charge in [-0.15, -0.1) is 0 Å². The second-order valence-corrected chi connectivity index (χ2v) is 6.82. The maximum absolute atomic E-state index is 5.99. The molecule has 3 fully saturated rings. The molecule has 120 valence electrons. The molecule has 0 unspecified atom stereocenters. The molecule has 0 radical (unpaired) electrons. The number of nitrogens with one attached hydrogen (secondary N) is 1. The third kappa shape index (κ3) is 2.20. The lowest BCUT2D eigenvalue weighted by molar-refractivity contribution is -0.158. The average Bonchev–Trinajstić information content (AvgIpc) is 2.89. The fourth-order valence-electron chi connectivity index (χ4n) is 4.55. The standard InChI is InChI=1S/C18H25NO3/c1-20-10-11-21-14-5-2-4-13(12-14)19-16-15-6-9-22-17(15)18(16)7-3-8-18/h2,4-5,12,15-17,19H,3,6-11H2,1H3/t15-,16-,17-/m1/s1. The first-order chi connectivity index (χ1) is 10.8. The lowest BCUT2D eigenvalue weighted by Crippen LogP contribution is -2.68. The van der Waals surface area contributed by atoms with Crippen molar-refractivity contribution in [1.82, 2.24) is 0 Å². The minimum absolute atomic E-state index is 0.411. The van der Waals surface area contributed by atoms with Crippen molar-refractivity contribution in [2.24, 2.45) is 11.3 Å². The summed E-state index contributed by atoms with van der Waals surface area (Å²) in [6.07, 6.45) is 5.70. The SMILES string of the molecule is COCCOc1cccc(N[C@@H]2[C@H]3CCO[C@H]3C23CCC3)c1. The predicted molar refractivity (Wildman–Crippen MR) is 85.4 cm³/mol. The molecule has 4 heteroatoms. The molecule has 2 saturated carbocycles. The first-order valence-electron chi connectivity index (χ1n) is 8.43. The van der Waals surface area contributed by atoms with Crippen LogP contribution in [0.25, 0.3) is 0 Å². The Morgan fingerprint density at radius 2 is 2.23 bits per heavy atom. The minimum atomic E-state index is 0.411. The fourth-order valence-corrected chi connectivity index (χ4v) is 4.55. The van der Waals surface area contributed by atoms with E-state index in [1.54, 1.807) is 7.11 Å². The van der Waals surface area contributed by atoms with Crippen molar-refractivity contribution in [2.75, 3.05) is 32.2 Å². The quantitative estimate of drug-likeness (QED) is 0.820. The zero-order chi connectivity index (χ0) is 15.0. The van der Waals surface area contributed by atoms with Crippen LogP contribution in [-0.2, 0) is 9.47 Å². The maximum atomic E-state index is 5.99. The highest BCUT2D eigenvalue weighted by Gasteiger charge is 2.66. The summed E-state index contributed by atoms with van der Waals surface area (Å²) in [6.45, 7) is 2.14. The molecule has 3 aliphatic rings. The third-order valence-electron chi connectivity index (χ3n) is 5.75. The Balaban J connectivity index is 1.43. The van der Waals surface area contributed by atoms with Crippen LogP contribution in [-0.4, -0.2) is 39.1 Å². The molecule has 0 bridgehead atoms. The molecule has 1 N–H and O–H groups in total. The number of benzene rings is 1. The Bertz CT molecular complexity index is 529. The number of ether oxygens (including phenoxy) is 3. The van der Waals surface area contributed by atoms with E-state index < -0.39 is 0 Å². The predicted octanol–water partition coefficient (Wildman–Crippen LogP) is 3.08. The van der Waals surface area contributed by atoms with Gasteiger partial charge >= 0.3 is 0 Å². The zero-order valence-corrected chi connectivity index (χ0v) is 13.2. The van der Waals surface area contributed by atoms with E-state index in [9.17, 15) is 0 Å². The van der Waals surface area contributed by atoms with Crippen LogP contribution in [0, 0.1) is 11.3 Å². The van der Waals surface area contributed by atoms with E-state index in [-0.39, 0.29) is 0 Å². The fraction of sp³-hybridized carbons (Fsp3) is 0.667. The van der Waals surface area contributed by atoms with Crippen molar-refractivity contribution in [3.63, 3.8) is 0 Å². The van der Waals surface area contributed by atoms with Gasteiger partial charge in [-0.05, 0) is 31.4 Å². The zero-order valence-electron chi connectivity index (χ0n) is 13.2. The first kappa shape index (κ1) is 14.3. The highest BCUT2D eigenvalue weighted by molar-refractivity contribution is 5.50. The van der Waals surface area contributed by atoms with Crippen LogP contribution < -0.4 is 10.1 Å². The Morgan fingerprint density at radius 3 is 3.00 bits per heavy atom. The summed E-state index contributed by atoms with van der Waals surface area (Å²) < 4.78 is 16.7. The largest absolute Gasteiger partial charge is 0.491 e. The lowest BCUT2D eigenvalue weighted by atomic mass is 9.46. The van der Waals surface area contributed by atoms with Gasteiger partial charge in [0.2, 0.25) is 0 Å². The molecular formula is C18H25NO3. The third-order valence-corrected chi connectivity index (χ3v) is 5.75. The number of hydrogen-bond acceptors (Lipinski definition) is 4. The first-order valence-corrected chi connectivity index (χ1v) is 8.43. The normalized spacial score (nSPS) is 31.2. The second kappa shape index (κ2) is 5.74. The molecule has 0 aromatic heterocycles. The van der Waals surface area contributed by atoms with E-state index >= 15 is 0 Å². The highest BCUT2D eigenvalue weighted by Crippen LogP contribution is 2.63. The highest BCUT2D eigenvalue weighted by atomic mass is 16.5. The van der Waals surface area contributed by atoms with Gasteiger partial charge in [-0.3, -0.25) is 0 Å². The molecule has 4 nitrogen and oxygen atoms in total. The second-order valence-electron chi connectivity index (χ2n) is 6.82. The Hall–Kier alpha value is -1.26. The molecule has 3 atom stereocenters. The molecule has 4 rings (SSSR count). The maximum Gasteiger partial charge on any atom is 0.121 e. The van der Waals surface area contributed by atoms with Gasteiger partial charge < -0.3 is 19.5 Å². The van der Waals surface area contributed by atoms with Crippen LogP contribution in [0.3, 0.4) is 0 Å². The number of hydrogen-bond donors (Lipinski definition) is 1. The molecule has 1 spiro atoms. The molecule has 1 saturated heterocycles. The van der Waals surface area contributed by atoms with E-state index in [1.807, 2.05) is 6.07 Å². The van der Waals surface area contributed by atoms with Crippen LogP contribution in [0.2, 0.25) is 0 Å². The van der Waals surface area contributed by atoms with E-state index in [0.717, 1.165) is 18.0 Å². The van der Waals surface area contributed by atoms with E-state index in [4.69, 9.17) is 14.2 Å².